The topological polar surface area (TPSA) is 55.4 Å². The lowest BCUT2D eigenvalue weighted by Crippen LogP contribution is -2.28. The van der Waals surface area contributed by atoms with Crippen LogP contribution in [0.2, 0.25) is 5.02 Å². The maximum Gasteiger partial charge on any atom is 0.416 e. The summed E-state index contributed by atoms with van der Waals surface area (Å²) in [5.41, 5.74) is 0.0743. The Morgan fingerprint density at radius 3 is 2.56 bits per heavy atom. The number of carbonyl (C=O) groups excluding carboxylic acids is 2. The van der Waals surface area contributed by atoms with E-state index in [1.54, 1.807) is 24.3 Å². The van der Waals surface area contributed by atoms with Gasteiger partial charge in [0.25, 0.3) is 5.91 Å². The molecule has 0 radical (unpaired) electrons. The van der Waals surface area contributed by atoms with Crippen molar-refractivity contribution in [2.45, 2.75) is 12.7 Å². The number of amides is 1. The summed E-state index contributed by atoms with van der Waals surface area (Å²) in [4.78, 5) is 23.3. The van der Waals surface area contributed by atoms with E-state index in [0.717, 1.165) is 18.2 Å². The number of hydrogen-bond donors (Lipinski definition) is 1. The van der Waals surface area contributed by atoms with Crippen LogP contribution >= 0.6 is 11.6 Å². The normalized spacial score (nSPS) is 11.4. The molecule has 0 heterocycles. The Morgan fingerprint density at radius 2 is 1.85 bits per heavy atom. The highest BCUT2D eigenvalue weighted by molar-refractivity contribution is 6.31. The van der Waals surface area contributed by atoms with Crippen molar-refractivity contribution < 1.29 is 27.5 Å². The molecular weight excluding hydrogens is 383 g/mol. The number of halogens is 4. The number of nitrogens with one attached hydrogen (secondary N) is 1. The highest BCUT2D eigenvalue weighted by Gasteiger charge is 2.30. The van der Waals surface area contributed by atoms with Crippen LogP contribution in [0, 0.1) is 0 Å². The van der Waals surface area contributed by atoms with Crippen molar-refractivity contribution in [3.63, 3.8) is 0 Å². The summed E-state index contributed by atoms with van der Waals surface area (Å²) in [5, 5.41) is 3.04. The average Bonchev–Trinajstić information content (AvgIpc) is 2.63. The summed E-state index contributed by atoms with van der Waals surface area (Å²) >= 11 is 5.96. The number of carbonyl (C=O) groups is 2. The van der Waals surface area contributed by atoms with E-state index in [1.165, 1.54) is 18.2 Å². The summed E-state index contributed by atoms with van der Waals surface area (Å²) in [6.45, 7) is -0.341. The maximum absolute atomic E-state index is 12.6. The zero-order valence-corrected chi connectivity index (χ0v) is 14.7. The largest absolute Gasteiger partial charge is 0.452 e. The summed E-state index contributed by atoms with van der Waals surface area (Å²) in [6, 6.07) is 11.4. The summed E-state index contributed by atoms with van der Waals surface area (Å²) in [7, 11) is 0. The number of alkyl halides is 3. The number of hydrogen-bond acceptors (Lipinski definition) is 3. The predicted molar refractivity (Wildman–Crippen MR) is 94.7 cm³/mol. The average molecular weight is 398 g/mol. The van der Waals surface area contributed by atoms with Crippen LogP contribution in [0.15, 0.2) is 54.6 Å². The third kappa shape index (κ3) is 6.79. The molecule has 1 amide bonds. The second-order valence-electron chi connectivity index (χ2n) is 5.43. The zero-order valence-electron chi connectivity index (χ0n) is 13.9. The molecule has 0 saturated carbocycles. The number of benzene rings is 2. The monoisotopic (exact) mass is 397 g/mol. The van der Waals surface area contributed by atoms with E-state index in [-0.39, 0.29) is 12.1 Å². The first-order valence-electron chi connectivity index (χ1n) is 7.78. The van der Waals surface area contributed by atoms with Crippen molar-refractivity contribution in [1.82, 2.24) is 5.32 Å². The Hall–Kier alpha value is -2.80. The van der Waals surface area contributed by atoms with E-state index in [9.17, 15) is 22.8 Å². The molecule has 4 nitrogen and oxygen atoms in total. The third-order valence-electron chi connectivity index (χ3n) is 3.41. The molecule has 0 fully saturated rings. The standard InChI is InChI=1S/C19H15ClF3NO3/c20-16-7-2-1-5-14(16)11-24-17(25)12-27-18(26)9-8-13-4-3-6-15(10-13)19(21,22)23/h1-10H,11-12H2,(H,24,25). The van der Waals surface area contributed by atoms with Gasteiger partial charge in [-0.2, -0.15) is 13.2 Å². The van der Waals surface area contributed by atoms with E-state index < -0.39 is 30.2 Å². The van der Waals surface area contributed by atoms with Gasteiger partial charge in [-0.15, -0.1) is 0 Å². The molecule has 0 saturated heterocycles. The van der Waals surface area contributed by atoms with Crippen LogP contribution in [-0.4, -0.2) is 18.5 Å². The number of esters is 1. The van der Waals surface area contributed by atoms with Gasteiger partial charge in [0, 0.05) is 17.6 Å². The van der Waals surface area contributed by atoms with E-state index in [2.05, 4.69) is 5.32 Å². The summed E-state index contributed by atoms with van der Waals surface area (Å²) < 4.78 is 42.6. The van der Waals surface area contributed by atoms with Gasteiger partial charge in [0.1, 0.15) is 0 Å². The lowest BCUT2D eigenvalue weighted by molar-refractivity contribution is -0.143. The fourth-order valence-corrected chi connectivity index (χ4v) is 2.26. The minimum absolute atomic E-state index is 0.177. The van der Waals surface area contributed by atoms with Crippen LogP contribution < -0.4 is 5.32 Å². The molecule has 0 spiro atoms. The van der Waals surface area contributed by atoms with Gasteiger partial charge in [-0.1, -0.05) is 41.9 Å². The van der Waals surface area contributed by atoms with Crippen molar-refractivity contribution in [2.75, 3.05) is 6.61 Å². The van der Waals surface area contributed by atoms with Gasteiger partial charge in [-0.3, -0.25) is 4.79 Å². The molecule has 0 bridgehead atoms. The van der Waals surface area contributed by atoms with E-state index in [4.69, 9.17) is 16.3 Å². The van der Waals surface area contributed by atoms with Crippen molar-refractivity contribution in [3.8, 4) is 0 Å². The van der Waals surface area contributed by atoms with Gasteiger partial charge in [-0.05, 0) is 35.4 Å². The smallest absolute Gasteiger partial charge is 0.416 e. The quantitative estimate of drug-likeness (QED) is 0.586. The van der Waals surface area contributed by atoms with Gasteiger partial charge >= 0.3 is 12.1 Å². The van der Waals surface area contributed by atoms with Crippen LogP contribution in [0.25, 0.3) is 6.08 Å². The molecule has 2 aromatic carbocycles. The Labute approximate surface area is 158 Å². The maximum atomic E-state index is 12.6. The van der Waals surface area contributed by atoms with Gasteiger partial charge in [0.05, 0.1) is 5.56 Å². The van der Waals surface area contributed by atoms with Crippen LogP contribution in [0.3, 0.4) is 0 Å². The summed E-state index contributed by atoms with van der Waals surface area (Å²) in [5.74, 6) is -1.38. The van der Waals surface area contributed by atoms with E-state index in [1.807, 2.05) is 0 Å². The Balaban J connectivity index is 1.81. The van der Waals surface area contributed by atoms with Crippen LogP contribution in [-0.2, 0) is 27.0 Å². The van der Waals surface area contributed by atoms with Gasteiger partial charge in [0.15, 0.2) is 6.61 Å². The van der Waals surface area contributed by atoms with E-state index in [0.29, 0.717) is 10.6 Å². The lowest BCUT2D eigenvalue weighted by Gasteiger charge is -2.07. The number of ether oxygens (including phenoxy) is 1. The third-order valence-corrected chi connectivity index (χ3v) is 3.77. The van der Waals surface area contributed by atoms with Gasteiger partial charge in [-0.25, -0.2) is 4.79 Å². The second kappa shape index (κ2) is 9.23. The zero-order chi connectivity index (χ0) is 19.9. The van der Waals surface area contributed by atoms with Gasteiger partial charge in [0.2, 0.25) is 0 Å². The van der Waals surface area contributed by atoms with Crippen LogP contribution in [0.4, 0.5) is 13.2 Å². The molecule has 142 valence electrons. The Morgan fingerprint density at radius 1 is 1.11 bits per heavy atom. The second-order valence-corrected chi connectivity index (χ2v) is 5.84. The molecule has 0 aliphatic rings. The molecule has 8 heteroatoms. The SMILES string of the molecule is O=C(COC(=O)C=Cc1cccc(C(F)(F)F)c1)NCc1ccccc1Cl. The van der Waals surface area contributed by atoms with E-state index >= 15 is 0 Å². The van der Waals surface area contributed by atoms with Crippen LogP contribution in [0.5, 0.6) is 0 Å². The fourth-order valence-electron chi connectivity index (χ4n) is 2.05. The predicted octanol–water partition coefficient (Wildman–Crippen LogP) is 4.23. The summed E-state index contributed by atoms with van der Waals surface area (Å²) in [6.07, 6.45) is -2.33. The van der Waals surface area contributed by atoms with Crippen molar-refractivity contribution in [2.24, 2.45) is 0 Å². The molecule has 0 aliphatic heterocycles. The van der Waals surface area contributed by atoms with Crippen molar-refractivity contribution >= 4 is 29.6 Å². The molecule has 0 unspecified atom stereocenters. The Kier molecular flexibility index (Phi) is 7.01. The molecule has 2 rings (SSSR count). The first-order chi connectivity index (χ1) is 12.8. The first-order valence-corrected chi connectivity index (χ1v) is 8.16. The molecule has 2 aromatic rings. The molecule has 0 atom stereocenters. The fraction of sp³-hybridized carbons (Fsp3) is 0.158. The highest BCUT2D eigenvalue weighted by Crippen LogP contribution is 2.29. The Bertz CT molecular complexity index is 850. The minimum Gasteiger partial charge on any atom is -0.452 e. The molecular formula is C19H15ClF3NO3. The van der Waals surface area contributed by atoms with Crippen molar-refractivity contribution in [1.29, 1.82) is 0 Å². The molecule has 27 heavy (non-hydrogen) atoms. The first kappa shape index (κ1) is 20.5. The van der Waals surface area contributed by atoms with Gasteiger partial charge < -0.3 is 10.1 Å². The molecule has 1 N–H and O–H groups in total. The number of rotatable bonds is 6. The molecule has 0 aromatic heterocycles. The van der Waals surface area contributed by atoms with Crippen LogP contribution in [0.1, 0.15) is 16.7 Å². The molecule has 0 aliphatic carbocycles. The van der Waals surface area contributed by atoms with Crippen molar-refractivity contribution in [3.05, 3.63) is 76.3 Å². The lowest BCUT2D eigenvalue weighted by atomic mass is 10.1. The minimum atomic E-state index is -4.47. The highest BCUT2D eigenvalue weighted by atomic mass is 35.5.